The van der Waals surface area contributed by atoms with Gasteiger partial charge in [-0.25, -0.2) is 9.59 Å². The van der Waals surface area contributed by atoms with Crippen LogP contribution in [-0.4, -0.2) is 31.0 Å². The second kappa shape index (κ2) is 6.25. The molecule has 0 spiro atoms. The molecule has 0 radical (unpaired) electrons. The van der Waals surface area contributed by atoms with Gasteiger partial charge in [0.2, 0.25) is 0 Å². The van der Waals surface area contributed by atoms with Gasteiger partial charge >= 0.3 is 12.2 Å². The summed E-state index contributed by atoms with van der Waals surface area (Å²) < 4.78 is 14.6. The van der Waals surface area contributed by atoms with E-state index in [4.69, 9.17) is 9.47 Å². The molecule has 1 aliphatic carbocycles. The molecule has 22 heavy (non-hydrogen) atoms. The van der Waals surface area contributed by atoms with Crippen molar-refractivity contribution in [3.05, 3.63) is 29.8 Å². The van der Waals surface area contributed by atoms with Gasteiger partial charge in [0.1, 0.15) is 11.4 Å². The van der Waals surface area contributed by atoms with Crippen LogP contribution >= 0.6 is 0 Å². The van der Waals surface area contributed by atoms with E-state index in [9.17, 15) is 9.59 Å². The SMILES string of the molecule is COC(=O)Oc1ccc([C@@H]2C[C@H]2NC(=O)OC(C)(C)C)cc1. The van der Waals surface area contributed by atoms with E-state index in [-0.39, 0.29) is 12.0 Å². The van der Waals surface area contributed by atoms with Crippen LogP contribution in [-0.2, 0) is 9.47 Å². The number of rotatable bonds is 3. The molecule has 1 N–H and O–H groups in total. The predicted molar refractivity (Wildman–Crippen MR) is 80.0 cm³/mol. The molecular weight excluding hydrogens is 286 g/mol. The molecule has 0 heterocycles. The Hall–Kier alpha value is -2.24. The van der Waals surface area contributed by atoms with E-state index >= 15 is 0 Å². The molecule has 1 fully saturated rings. The Kier molecular flexibility index (Phi) is 4.59. The minimum absolute atomic E-state index is 0.0854. The van der Waals surface area contributed by atoms with E-state index in [1.807, 2.05) is 32.9 Å². The van der Waals surface area contributed by atoms with Crippen molar-refractivity contribution in [1.29, 1.82) is 0 Å². The summed E-state index contributed by atoms with van der Waals surface area (Å²) in [5, 5.41) is 2.85. The second-order valence-electron chi connectivity index (χ2n) is 6.22. The average Bonchev–Trinajstić information content (AvgIpc) is 3.16. The van der Waals surface area contributed by atoms with E-state index in [0.29, 0.717) is 5.75 Å². The Balaban J connectivity index is 1.85. The van der Waals surface area contributed by atoms with Crippen molar-refractivity contribution in [1.82, 2.24) is 5.32 Å². The van der Waals surface area contributed by atoms with Crippen LogP contribution in [0.15, 0.2) is 24.3 Å². The third-order valence-corrected chi connectivity index (χ3v) is 3.17. The molecule has 1 aromatic carbocycles. The molecule has 0 unspecified atom stereocenters. The normalized spacial score (nSPS) is 20.0. The molecule has 0 aliphatic heterocycles. The highest BCUT2D eigenvalue weighted by Crippen LogP contribution is 2.41. The number of ether oxygens (including phenoxy) is 3. The molecule has 0 saturated heterocycles. The molecule has 1 aliphatic rings. The van der Waals surface area contributed by atoms with Gasteiger partial charge in [-0.15, -0.1) is 0 Å². The fraction of sp³-hybridized carbons (Fsp3) is 0.500. The third kappa shape index (κ3) is 4.65. The Morgan fingerprint density at radius 3 is 2.36 bits per heavy atom. The Morgan fingerprint density at radius 2 is 1.82 bits per heavy atom. The molecule has 0 bridgehead atoms. The van der Waals surface area contributed by atoms with Gasteiger partial charge in [-0.1, -0.05) is 12.1 Å². The van der Waals surface area contributed by atoms with Crippen molar-refractivity contribution in [3.8, 4) is 5.75 Å². The van der Waals surface area contributed by atoms with Crippen molar-refractivity contribution in [2.45, 2.75) is 44.8 Å². The van der Waals surface area contributed by atoms with Gasteiger partial charge in [0.15, 0.2) is 0 Å². The van der Waals surface area contributed by atoms with Crippen LogP contribution in [0.25, 0.3) is 0 Å². The Morgan fingerprint density at radius 1 is 1.18 bits per heavy atom. The van der Waals surface area contributed by atoms with E-state index < -0.39 is 17.8 Å². The molecular formula is C16H21NO5. The smallest absolute Gasteiger partial charge is 0.444 e. The van der Waals surface area contributed by atoms with Crippen molar-refractivity contribution in [2.24, 2.45) is 0 Å². The number of amides is 1. The second-order valence-corrected chi connectivity index (χ2v) is 6.22. The van der Waals surface area contributed by atoms with Crippen LogP contribution < -0.4 is 10.1 Å². The van der Waals surface area contributed by atoms with Gasteiger partial charge in [0.25, 0.3) is 0 Å². The summed E-state index contributed by atoms with van der Waals surface area (Å²) in [6, 6.07) is 7.24. The number of nitrogens with one attached hydrogen (secondary N) is 1. The van der Waals surface area contributed by atoms with Crippen molar-refractivity contribution in [2.75, 3.05) is 7.11 Å². The van der Waals surface area contributed by atoms with E-state index in [2.05, 4.69) is 10.1 Å². The summed E-state index contributed by atoms with van der Waals surface area (Å²) in [6.45, 7) is 5.49. The molecule has 2 atom stereocenters. The summed E-state index contributed by atoms with van der Waals surface area (Å²) in [5.41, 5.74) is 0.583. The van der Waals surface area contributed by atoms with Crippen molar-refractivity contribution >= 4 is 12.2 Å². The molecule has 6 heteroatoms. The molecule has 6 nitrogen and oxygen atoms in total. The molecule has 1 saturated carbocycles. The van der Waals surface area contributed by atoms with Gasteiger partial charge in [-0.2, -0.15) is 0 Å². The monoisotopic (exact) mass is 307 g/mol. The highest BCUT2D eigenvalue weighted by Gasteiger charge is 2.40. The predicted octanol–water partition coefficient (Wildman–Crippen LogP) is 3.21. The maximum absolute atomic E-state index is 11.7. The molecule has 120 valence electrons. The van der Waals surface area contributed by atoms with Crippen LogP contribution in [0, 0.1) is 0 Å². The van der Waals surface area contributed by atoms with Crippen LogP contribution in [0.4, 0.5) is 9.59 Å². The standard InChI is InChI=1S/C16H21NO5/c1-16(2,3)22-14(18)17-13-9-12(13)10-5-7-11(8-6-10)21-15(19)20-4/h5-8,12-13H,9H2,1-4H3,(H,17,18)/t12-,13+/m0/s1. The number of benzene rings is 1. The first kappa shape index (κ1) is 16.1. The Labute approximate surface area is 129 Å². The lowest BCUT2D eigenvalue weighted by atomic mass is 10.1. The van der Waals surface area contributed by atoms with Crippen molar-refractivity contribution < 1.29 is 23.8 Å². The molecule has 2 rings (SSSR count). The first-order chi connectivity index (χ1) is 10.3. The topological polar surface area (TPSA) is 73.9 Å². The largest absolute Gasteiger partial charge is 0.513 e. The summed E-state index contributed by atoms with van der Waals surface area (Å²) in [5.74, 6) is 0.688. The number of hydrogen-bond donors (Lipinski definition) is 1. The summed E-state index contributed by atoms with van der Waals surface area (Å²) >= 11 is 0. The van der Waals surface area contributed by atoms with Gasteiger partial charge in [-0.3, -0.25) is 0 Å². The zero-order valence-corrected chi connectivity index (χ0v) is 13.2. The number of hydrogen-bond acceptors (Lipinski definition) is 5. The highest BCUT2D eigenvalue weighted by atomic mass is 16.7. The highest BCUT2D eigenvalue weighted by molar-refractivity contribution is 5.69. The average molecular weight is 307 g/mol. The maximum atomic E-state index is 11.7. The van der Waals surface area contributed by atoms with Gasteiger partial charge in [-0.05, 0) is 44.9 Å². The number of methoxy groups -OCH3 is 1. The zero-order chi connectivity index (χ0) is 16.3. The van der Waals surface area contributed by atoms with E-state index in [1.165, 1.54) is 7.11 Å². The molecule has 1 aromatic rings. The third-order valence-electron chi connectivity index (χ3n) is 3.17. The van der Waals surface area contributed by atoms with Gasteiger partial charge in [0.05, 0.1) is 7.11 Å². The molecule has 0 aromatic heterocycles. The Bertz CT molecular complexity index is 547. The molecule has 1 amide bonds. The van der Waals surface area contributed by atoms with Crippen LogP contribution in [0.3, 0.4) is 0 Å². The minimum atomic E-state index is -0.747. The van der Waals surface area contributed by atoms with Crippen LogP contribution in [0.5, 0.6) is 5.75 Å². The van der Waals surface area contributed by atoms with Crippen LogP contribution in [0.1, 0.15) is 38.7 Å². The number of carbonyl (C=O) groups excluding carboxylic acids is 2. The summed E-state index contributed by atoms with van der Waals surface area (Å²) in [4.78, 5) is 22.7. The lowest BCUT2D eigenvalue weighted by Gasteiger charge is -2.19. The van der Waals surface area contributed by atoms with Gasteiger partial charge < -0.3 is 19.5 Å². The fourth-order valence-electron chi connectivity index (χ4n) is 2.10. The number of carbonyl (C=O) groups is 2. The lowest BCUT2D eigenvalue weighted by Crippen LogP contribution is -2.34. The maximum Gasteiger partial charge on any atom is 0.513 e. The first-order valence-electron chi connectivity index (χ1n) is 7.14. The summed E-state index contributed by atoms with van der Waals surface area (Å²) in [6.07, 6.45) is -0.273. The van der Waals surface area contributed by atoms with Crippen molar-refractivity contribution in [3.63, 3.8) is 0 Å². The van der Waals surface area contributed by atoms with E-state index in [0.717, 1.165) is 12.0 Å². The van der Waals surface area contributed by atoms with E-state index in [1.54, 1.807) is 12.1 Å². The first-order valence-corrected chi connectivity index (χ1v) is 7.14. The fourth-order valence-corrected chi connectivity index (χ4v) is 2.10. The zero-order valence-electron chi connectivity index (χ0n) is 13.2. The lowest BCUT2D eigenvalue weighted by molar-refractivity contribution is 0.0522. The quantitative estimate of drug-likeness (QED) is 0.685. The van der Waals surface area contributed by atoms with Crippen LogP contribution in [0.2, 0.25) is 0 Å². The van der Waals surface area contributed by atoms with Gasteiger partial charge in [0, 0.05) is 12.0 Å². The number of alkyl carbamates (subject to hydrolysis) is 1. The minimum Gasteiger partial charge on any atom is -0.444 e. The summed E-state index contributed by atoms with van der Waals surface area (Å²) in [7, 11) is 1.26.